The van der Waals surface area contributed by atoms with Gasteiger partial charge in [-0.05, 0) is 26.0 Å². The first kappa shape index (κ1) is 11.8. The van der Waals surface area contributed by atoms with Gasteiger partial charge in [0.15, 0.2) is 11.5 Å². The van der Waals surface area contributed by atoms with E-state index in [-0.39, 0.29) is 24.3 Å². The maximum absolute atomic E-state index is 13.5. The third kappa shape index (κ3) is 2.83. The molecular formula is C11H16FNO2. The lowest BCUT2D eigenvalue weighted by atomic mass is 10.1. The van der Waals surface area contributed by atoms with Crippen molar-refractivity contribution in [3.05, 3.63) is 23.8 Å². The average Bonchev–Trinajstić information content (AvgIpc) is 2.22. The number of halogens is 1. The van der Waals surface area contributed by atoms with Gasteiger partial charge >= 0.3 is 0 Å². The van der Waals surface area contributed by atoms with Gasteiger partial charge in [0.1, 0.15) is 6.17 Å². The summed E-state index contributed by atoms with van der Waals surface area (Å²) in [4.78, 5) is 0. The number of hydrogen-bond acceptors (Lipinski definition) is 3. The molecule has 0 aliphatic heterocycles. The molecule has 0 bridgehead atoms. The Morgan fingerprint density at radius 3 is 2.87 bits per heavy atom. The Hall–Kier alpha value is -1.29. The van der Waals surface area contributed by atoms with Gasteiger partial charge in [0.2, 0.25) is 0 Å². The Morgan fingerprint density at radius 2 is 2.27 bits per heavy atom. The van der Waals surface area contributed by atoms with Gasteiger partial charge in [0, 0.05) is 5.56 Å². The van der Waals surface area contributed by atoms with Crippen LogP contribution in [0.5, 0.6) is 11.5 Å². The van der Waals surface area contributed by atoms with Gasteiger partial charge in [-0.1, -0.05) is 12.1 Å². The van der Waals surface area contributed by atoms with E-state index in [1.54, 1.807) is 19.1 Å². The molecule has 1 aromatic rings. The van der Waals surface area contributed by atoms with Crippen LogP contribution in [0.25, 0.3) is 0 Å². The summed E-state index contributed by atoms with van der Waals surface area (Å²) < 4.78 is 18.7. The molecule has 1 aromatic carbocycles. The van der Waals surface area contributed by atoms with Gasteiger partial charge in [-0.15, -0.1) is 0 Å². The van der Waals surface area contributed by atoms with E-state index >= 15 is 0 Å². The summed E-state index contributed by atoms with van der Waals surface area (Å²) in [6.07, 6.45) is -1.04. The van der Waals surface area contributed by atoms with Crippen LogP contribution in [0.2, 0.25) is 0 Å². The number of para-hydroxylation sites is 1. The first-order valence-corrected chi connectivity index (χ1v) is 4.99. The van der Waals surface area contributed by atoms with Gasteiger partial charge in [-0.25, -0.2) is 4.39 Å². The van der Waals surface area contributed by atoms with Crippen molar-refractivity contribution in [3.63, 3.8) is 0 Å². The summed E-state index contributed by atoms with van der Waals surface area (Å²) >= 11 is 0. The minimum Gasteiger partial charge on any atom is -0.504 e. The van der Waals surface area contributed by atoms with E-state index < -0.39 is 6.17 Å². The van der Waals surface area contributed by atoms with Crippen molar-refractivity contribution in [3.8, 4) is 11.5 Å². The van der Waals surface area contributed by atoms with E-state index in [0.717, 1.165) is 0 Å². The first-order chi connectivity index (χ1) is 7.20. The molecule has 0 amide bonds. The number of phenols is 1. The Bertz CT molecular complexity index is 317. The number of benzene rings is 1. The first-order valence-electron chi connectivity index (χ1n) is 4.99. The van der Waals surface area contributed by atoms with Crippen molar-refractivity contribution in [2.45, 2.75) is 19.5 Å². The van der Waals surface area contributed by atoms with Gasteiger partial charge in [-0.3, -0.25) is 0 Å². The quantitative estimate of drug-likeness (QED) is 0.788. The number of nitrogens with two attached hydrogens (primary N) is 1. The van der Waals surface area contributed by atoms with Crippen molar-refractivity contribution < 1.29 is 14.2 Å². The molecule has 1 atom stereocenters. The topological polar surface area (TPSA) is 55.5 Å². The summed E-state index contributed by atoms with van der Waals surface area (Å²) in [5.41, 5.74) is 5.50. The molecule has 84 valence electrons. The van der Waals surface area contributed by atoms with E-state index in [2.05, 4.69) is 0 Å². The lowest BCUT2D eigenvalue weighted by Gasteiger charge is -2.12. The van der Waals surface area contributed by atoms with Gasteiger partial charge in [0.05, 0.1) is 6.61 Å². The van der Waals surface area contributed by atoms with Crippen LogP contribution in [0.4, 0.5) is 4.39 Å². The molecule has 0 fully saturated rings. The molecule has 0 aromatic heterocycles. The standard InChI is InChI=1S/C11H16FNO2/c1-2-15-10-5-3-4-8(11(10)14)9(12)6-7-13/h3-5,9,14H,2,6-7,13H2,1H3. The minimum atomic E-state index is -1.24. The summed E-state index contributed by atoms with van der Waals surface area (Å²) in [5, 5.41) is 9.71. The normalized spacial score (nSPS) is 12.5. The molecule has 0 aliphatic rings. The minimum absolute atomic E-state index is 0.125. The van der Waals surface area contributed by atoms with Gasteiger partial charge in [0.25, 0.3) is 0 Å². The van der Waals surface area contributed by atoms with E-state index in [1.807, 2.05) is 0 Å². The zero-order valence-electron chi connectivity index (χ0n) is 8.74. The van der Waals surface area contributed by atoms with Crippen molar-refractivity contribution in [2.24, 2.45) is 5.73 Å². The smallest absolute Gasteiger partial charge is 0.163 e. The lowest BCUT2D eigenvalue weighted by molar-refractivity contribution is 0.294. The van der Waals surface area contributed by atoms with Crippen LogP contribution in [-0.2, 0) is 0 Å². The number of alkyl halides is 1. The van der Waals surface area contributed by atoms with E-state index in [1.165, 1.54) is 6.07 Å². The molecule has 0 heterocycles. The molecule has 3 nitrogen and oxygen atoms in total. The van der Waals surface area contributed by atoms with Gasteiger partial charge in [-0.2, -0.15) is 0 Å². The molecule has 0 saturated heterocycles. The maximum Gasteiger partial charge on any atom is 0.163 e. The molecule has 4 heteroatoms. The highest BCUT2D eigenvalue weighted by Crippen LogP contribution is 2.36. The zero-order chi connectivity index (χ0) is 11.3. The van der Waals surface area contributed by atoms with E-state index in [0.29, 0.717) is 12.4 Å². The molecular weight excluding hydrogens is 197 g/mol. The fourth-order valence-electron chi connectivity index (χ4n) is 1.37. The Kier molecular flexibility index (Phi) is 4.37. The summed E-state index contributed by atoms with van der Waals surface area (Å²) in [7, 11) is 0. The van der Waals surface area contributed by atoms with Crippen LogP contribution in [-0.4, -0.2) is 18.3 Å². The van der Waals surface area contributed by atoms with Crippen LogP contribution >= 0.6 is 0 Å². The van der Waals surface area contributed by atoms with Crippen molar-refractivity contribution >= 4 is 0 Å². The largest absolute Gasteiger partial charge is 0.504 e. The zero-order valence-corrected chi connectivity index (χ0v) is 8.74. The third-order valence-corrected chi connectivity index (χ3v) is 2.09. The maximum atomic E-state index is 13.5. The molecule has 0 radical (unpaired) electrons. The average molecular weight is 213 g/mol. The predicted molar refractivity (Wildman–Crippen MR) is 56.8 cm³/mol. The predicted octanol–water partition coefficient (Wildman–Crippen LogP) is 2.15. The molecule has 0 saturated carbocycles. The third-order valence-electron chi connectivity index (χ3n) is 2.09. The molecule has 3 N–H and O–H groups in total. The second kappa shape index (κ2) is 5.56. The highest BCUT2D eigenvalue weighted by atomic mass is 19.1. The van der Waals surface area contributed by atoms with E-state index in [4.69, 9.17) is 10.5 Å². The number of rotatable bonds is 5. The number of ether oxygens (including phenoxy) is 1. The number of hydrogen-bond donors (Lipinski definition) is 2. The second-order valence-corrected chi connectivity index (χ2v) is 3.17. The monoisotopic (exact) mass is 213 g/mol. The fraction of sp³-hybridized carbons (Fsp3) is 0.455. The van der Waals surface area contributed by atoms with Gasteiger partial charge < -0.3 is 15.6 Å². The van der Waals surface area contributed by atoms with Crippen LogP contribution in [0.15, 0.2) is 18.2 Å². The Morgan fingerprint density at radius 1 is 1.53 bits per heavy atom. The van der Waals surface area contributed by atoms with Crippen LogP contribution < -0.4 is 10.5 Å². The highest BCUT2D eigenvalue weighted by molar-refractivity contribution is 5.46. The molecule has 1 unspecified atom stereocenters. The van der Waals surface area contributed by atoms with Crippen LogP contribution in [0.3, 0.4) is 0 Å². The summed E-state index contributed by atoms with van der Waals surface area (Å²) in [5.74, 6) is 0.190. The summed E-state index contributed by atoms with van der Waals surface area (Å²) in [6, 6.07) is 4.80. The van der Waals surface area contributed by atoms with Crippen molar-refractivity contribution in [2.75, 3.05) is 13.2 Å². The molecule has 1 rings (SSSR count). The van der Waals surface area contributed by atoms with Crippen LogP contribution in [0, 0.1) is 0 Å². The fourth-order valence-corrected chi connectivity index (χ4v) is 1.37. The SMILES string of the molecule is CCOc1cccc(C(F)CCN)c1O. The van der Waals surface area contributed by atoms with Crippen molar-refractivity contribution in [1.29, 1.82) is 0 Å². The molecule has 15 heavy (non-hydrogen) atoms. The summed E-state index contributed by atoms with van der Waals surface area (Å²) in [6.45, 7) is 2.49. The number of aromatic hydroxyl groups is 1. The van der Waals surface area contributed by atoms with Crippen molar-refractivity contribution in [1.82, 2.24) is 0 Å². The highest BCUT2D eigenvalue weighted by Gasteiger charge is 2.16. The Balaban J connectivity index is 2.92. The lowest BCUT2D eigenvalue weighted by Crippen LogP contribution is -2.04. The second-order valence-electron chi connectivity index (χ2n) is 3.17. The molecule has 0 spiro atoms. The van der Waals surface area contributed by atoms with E-state index in [9.17, 15) is 9.50 Å². The Labute approximate surface area is 88.7 Å². The number of phenolic OH excluding ortho intramolecular Hbond substituents is 1. The van der Waals surface area contributed by atoms with Crippen LogP contribution in [0.1, 0.15) is 25.1 Å². The molecule has 0 aliphatic carbocycles.